The highest BCUT2D eigenvalue weighted by Crippen LogP contribution is 2.19. The molecular formula is C23H25N7O5. The van der Waals surface area contributed by atoms with E-state index in [1.54, 1.807) is 62.1 Å². The number of aliphatic hydroxyl groups excluding tert-OH is 1. The Morgan fingerprint density at radius 1 is 1.09 bits per heavy atom. The molecule has 35 heavy (non-hydrogen) atoms. The lowest BCUT2D eigenvalue weighted by molar-refractivity contribution is 0.0938. The second-order valence-corrected chi connectivity index (χ2v) is 7.71. The van der Waals surface area contributed by atoms with Crippen molar-refractivity contribution in [2.75, 3.05) is 19.1 Å². The van der Waals surface area contributed by atoms with Crippen LogP contribution in [0.3, 0.4) is 0 Å². The van der Waals surface area contributed by atoms with Gasteiger partial charge in [-0.2, -0.15) is 10.1 Å². The van der Waals surface area contributed by atoms with Crippen LogP contribution in [-0.2, 0) is 20.6 Å². The second-order valence-electron chi connectivity index (χ2n) is 7.71. The average molecular weight is 479 g/mol. The lowest BCUT2D eigenvalue weighted by atomic mass is 10.3. The molecule has 0 aliphatic heterocycles. The minimum atomic E-state index is -0.999. The van der Waals surface area contributed by atoms with Crippen molar-refractivity contribution in [3.63, 3.8) is 0 Å². The molecule has 0 fully saturated rings. The van der Waals surface area contributed by atoms with Gasteiger partial charge in [0.05, 0.1) is 19.9 Å². The van der Waals surface area contributed by atoms with E-state index in [0.29, 0.717) is 11.5 Å². The molecule has 0 saturated heterocycles. The molecule has 3 heterocycles. The molecule has 0 amide bonds. The Morgan fingerprint density at radius 2 is 1.77 bits per heavy atom. The summed E-state index contributed by atoms with van der Waals surface area (Å²) < 4.78 is 14.5. The summed E-state index contributed by atoms with van der Waals surface area (Å²) in [5, 5.41) is 14.9. The van der Waals surface area contributed by atoms with E-state index in [2.05, 4.69) is 20.5 Å². The molecule has 0 spiro atoms. The van der Waals surface area contributed by atoms with E-state index in [4.69, 9.17) is 9.47 Å². The van der Waals surface area contributed by atoms with Gasteiger partial charge in [0.2, 0.25) is 5.95 Å². The van der Waals surface area contributed by atoms with E-state index < -0.39 is 17.4 Å². The zero-order valence-corrected chi connectivity index (χ0v) is 19.5. The number of fused-ring (bicyclic) bond motifs is 1. The van der Waals surface area contributed by atoms with Gasteiger partial charge in [0.15, 0.2) is 11.2 Å². The smallest absolute Gasteiger partial charge is 0.332 e. The molecule has 4 aromatic rings. The number of rotatable bonds is 9. The molecule has 0 radical (unpaired) electrons. The van der Waals surface area contributed by atoms with E-state index in [1.165, 1.54) is 23.2 Å². The molecule has 0 aliphatic rings. The number of methoxy groups -OCH3 is 1. The van der Waals surface area contributed by atoms with Crippen LogP contribution in [-0.4, -0.2) is 54.8 Å². The van der Waals surface area contributed by atoms with Crippen LogP contribution < -0.4 is 26.1 Å². The number of nitrogens with zero attached hydrogens (tertiary/aromatic N) is 6. The fourth-order valence-electron chi connectivity index (χ4n) is 3.45. The first-order chi connectivity index (χ1) is 16.9. The molecule has 1 atom stereocenters. The molecule has 12 nitrogen and oxygen atoms in total. The molecular weight excluding hydrogens is 454 g/mol. The largest absolute Gasteiger partial charge is 0.497 e. The van der Waals surface area contributed by atoms with Crippen molar-refractivity contribution in [1.29, 1.82) is 0 Å². The number of aromatic nitrogens is 5. The fourth-order valence-corrected chi connectivity index (χ4v) is 3.45. The van der Waals surface area contributed by atoms with Crippen molar-refractivity contribution in [1.82, 2.24) is 23.7 Å². The van der Waals surface area contributed by atoms with E-state index in [1.807, 2.05) is 0 Å². The first-order valence-electron chi connectivity index (χ1n) is 10.7. The standard InChI is InChI=1S/C23H25N7O5/c1-28-20-19(21(32)29(2)23(28)33)30(22(26-20)27-25-12-15-8-10-24-11-9-15)13-16(31)14-35-18-6-4-17(34-3)5-7-18/h4-12,16,31H,13-14H2,1-3H3,(H,26,27)/b25-12+/t16-/m1/s1. The molecule has 0 saturated carbocycles. The van der Waals surface area contributed by atoms with Crippen LogP contribution in [0.1, 0.15) is 5.56 Å². The first kappa shape index (κ1) is 23.7. The third kappa shape index (κ3) is 5.06. The van der Waals surface area contributed by atoms with E-state index in [-0.39, 0.29) is 30.3 Å². The summed E-state index contributed by atoms with van der Waals surface area (Å²) in [6, 6.07) is 10.5. The van der Waals surface area contributed by atoms with Crippen molar-refractivity contribution in [3.8, 4) is 11.5 Å². The maximum atomic E-state index is 12.9. The van der Waals surface area contributed by atoms with Gasteiger partial charge in [0.1, 0.15) is 24.2 Å². The Kier molecular flexibility index (Phi) is 6.92. The van der Waals surface area contributed by atoms with Gasteiger partial charge < -0.3 is 19.1 Å². The van der Waals surface area contributed by atoms with Gasteiger partial charge in [-0.25, -0.2) is 10.2 Å². The summed E-state index contributed by atoms with van der Waals surface area (Å²) in [5.74, 6) is 1.43. The normalized spacial score (nSPS) is 12.2. The number of nitrogens with one attached hydrogen (secondary N) is 1. The minimum Gasteiger partial charge on any atom is -0.497 e. The molecule has 2 N–H and O–H groups in total. The highest BCUT2D eigenvalue weighted by atomic mass is 16.5. The predicted octanol–water partition coefficient (Wildman–Crippen LogP) is 0.723. The summed E-state index contributed by atoms with van der Waals surface area (Å²) in [6.07, 6.45) is 3.83. The molecule has 0 unspecified atom stereocenters. The van der Waals surface area contributed by atoms with Crippen LogP contribution in [0.5, 0.6) is 11.5 Å². The summed E-state index contributed by atoms with van der Waals surface area (Å²) >= 11 is 0. The van der Waals surface area contributed by atoms with Crippen molar-refractivity contribution in [2.24, 2.45) is 19.2 Å². The Bertz CT molecular complexity index is 1460. The number of hydrogen-bond acceptors (Lipinski definition) is 9. The van der Waals surface area contributed by atoms with Gasteiger partial charge in [-0.3, -0.25) is 18.9 Å². The monoisotopic (exact) mass is 479 g/mol. The second kappa shape index (κ2) is 10.2. The van der Waals surface area contributed by atoms with Crippen molar-refractivity contribution in [3.05, 3.63) is 75.2 Å². The Labute approximate surface area is 199 Å². The summed E-state index contributed by atoms with van der Waals surface area (Å²) in [6.45, 7) is -0.0784. The number of anilines is 1. The zero-order chi connectivity index (χ0) is 24.9. The SMILES string of the molecule is COc1ccc(OC[C@H](O)Cn2c(N/N=C/c3ccncc3)nc3c2c(=O)n(C)c(=O)n3C)cc1. The third-order valence-corrected chi connectivity index (χ3v) is 5.33. The van der Waals surface area contributed by atoms with Crippen LogP contribution in [0.2, 0.25) is 0 Å². The maximum Gasteiger partial charge on any atom is 0.332 e. The van der Waals surface area contributed by atoms with E-state index in [9.17, 15) is 14.7 Å². The van der Waals surface area contributed by atoms with Gasteiger partial charge >= 0.3 is 5.69 Å². The maximum absolute atomic E-state index is 12.9. The third-order valence-electron chi connectivity index (χ3n) is 5.33. The van der Waals surface area contributed by atoms with Crippen molar-refractivity contribution in [2.45, 2.75) is 12.6 Å². The minimum absolute atomic E-state index is 0.0345. The van der Waals surface area contributed by atoms with Gasteiger partial charge in [0.25, 0.3) is 5.56 Å². The number of pyridine rings is 1. The topological polar surface area (TPSA) is 138 Å². The number of imidazole rings is 1. The van der Waals surface area contributed by atoms with Crippen LogP contribution in [0, 0.1) is 0 Å². The number of hydrazone groups is 1. The van der Waals surface area contributed by atoms with Gasteiger partial charge in [0, 0.05) is 26.5 Å². The molecule has 0 bridgehead atoms. The van der Waals surface area contributed by atoms with Crippen molar-refractivity contribution >= 4 is 23.3 Å². The number of aryl methyl sites for hydroxylation is 1. The number of aliphatic hydroxyl groups is 1. The lowest BCUT2D eigenvalue weighted by Gasteiger charge is -2.15. The number of ether oxygens (including phenoxy) is 2. The Morgan fingerprint density at radius 3 is 2.46 bits per heavy atom. The van der Waals surface area contributed by atoms with Crippen molar-refractivity contribution < 1.29 is 14.6 Å². The first-order valence-corrected chi connectivity index (χ1v) is 10.7. The number of hydrogen-bond donors (Lipinski definition) is 2. The van der Waals surface area contributed by atoms with Gasteiger partial charge in [-0.05, 0) is 42.0 Å². The van der Waals surface area contributed by atoms with Crippen LogP contribution >= 0.6 is 0 Å². The molecule has 3 aromatic heterocycles. The predicted molar refractivity (Wildman–Crippen MR) is 130 cm³/mol. The summed E-state index contributed by atoms with van der Waals surface area (Å²) in [7, 11) is 4.48. The lowest BCUT2D eigenvalue weighted by Crippen LogP contribution is -2.38. The Balaban J connectivity index is 1.62. The van der Waals surface area contributed by atoms with E-state index >= 15 is 0 Å². The molecule has 1 aromatic carbocycles. The number of benzene rings is 1. The fraction of sp³-hybridized carbons (Fsp3) is 0.261. The van der Waals surface area contributed by atoms with Crippen LogP contribution in [0.4, 0.5) is 5.95 Å². The van der Waals surface area contributed by atoms with Gasteiger partial charge in [-0.15, -0.1) is 0 Å². The van der Waals surface area contributed by atoms with E-state index in [0.717, 1.165) is 10.1 Å². The highest BCUT2D eigenvalue weighted by Gasteiger charge is 2.21. The van der Waals surface area contributed by atoms with Crippen LogP contribution in [0.25, 0.3) is 11.2 Å². The zero-order valence-electron chi connectivity index (χ0n) is 19.5. The van der Waals surface area contributed by atoms with Gasteiger partial charge in [-0.1, -0.05) is 0 Å². The Hall–Kier alpha value is -4.45. The quantitative estimate of drug-likeness (QED) is 0.265. The summed E-state index contributed by atoms with van der Waals surface area (Å²) in [4.78, 5) is 33.7. The summed E-state index contributed by atoms with van der Waals surface area (Å²) in [5.41, 5.74) is 2.88. The highest BCUT2D eigenvalue weighted by molar-refractivity contribution is 5.80. The molecule has 182 valence electrons. The molecule has 4 rings (SSSR count). The molecule has 0 aliphatic carbocycles. The average Bonchev–Trinajstić information content (AvgIpc) is 3.24. The van der Waals surface area contributed by atoms with Crippen LogP contribution in [0.15, 0.2) is 63.5 Å². The molecule has 12 heteroatoms.